The molecule has 0 radical (unpaired) electrons. The minimum atomic E-state index is -0.0187. The van der Waals surface area contributed by atoms with Crippen LogP contribution in [0.3, 0.4) is 0 Å². The zero-order valence-corrected chi connectivity index (χ0v) is 15.3. The lowest BCUT2D eigenvalue weighted by molar-refractivity contribution is 0.0734. The number of fused-ring (bicyclic) bond motifs is 1. The number of carbonyl (C=O) groups is 1. The van der Waals surface area contributed by atoms with Gasteiger partial charge in [-0.25, -0.2) is 4.98 Å². The Bertz CT molecular complexity index is 903. The summed E-state index contributed by atoms with van der Waals surface area (Å²) in [6, 6.07) is 18.4. The van der Waals surface area contributed by atoms with Crippen LogP contribution in [-0.4, -0.2) is 28.9 Å². The van der Waals surface area contributed by atoms with Gasteiger partial charge in [-0.05, 0) is 31.2 Å². The van der Waals surface area contributed by atoms with E-state index in [4.69, 9.17) is 4.98 Å². The molecule has 1 heterocycles. The van der Waals surface area contributed by atoms with Crippen LogP contribution in [0.2, 0.25) is 0 Å². The van der Waals surface area contributed by atoms with Gasteiger partial charge in [0.1, 0.15) is 5.69 Å². The molecule has 2 aromatic carbocycles. The number of rotatable bonds is 4. The topological polar surface area (TPSA) is 33.2 Å². The number of aryl methyl sites for hydroxylation is 1. The Balaban J connectivity index is 2.24. The highest BCUT2D eigenvalue weighted by atomic mass is 16.2. The Morgan fingerprint density at radius 1 is 1.04 bits per heavy atom. The van der Waals surface area contributed by atoms with Gasteiger partial charge < -0.3 is 4.90 Å². The van der Waals surface area contributed by atoms with E-state index in [0.29, 0.717) is 5.69 Å². The molecule has 0 aliphatic carbocycles. The van der Waals surface area contributed by atoms with Crippen LogP contribution in [0.15, 0.2) is 54.6 Å². The lowest BCUT2D eigenvalue weighted by Crippen LogP contribution is -2.35. The van der Waals surface area contributed by atoms with Crippen LogP contribution in [0, 0.1) is 6.92 Å². The Labute approximate surface area is 149 Å². The van der Waals surface area contributed by atoms with Crippen molar-refractivity contribution in [3.63, 3.8) is 0 Å². The maximum Gasteiger partial charge on any atom is 0.272 e. The summed E-state index contributed by atoms with van der Waals surface area (Å²) in [5.41, 5.74) is 3.37. The predicted molar refractivity (Wildman–Crippen MR) is 104 cm³/mol. The molecular weight excluding hydrogens is 308 g/mol. The third-order valence-corrected chi connectivity index (χ3v) is 4.99. The van der Waals surface area contributed by atoms with E-state index in [-0.39, 0.29) is 11.9 Å². The summed E-state index contributed by atoms with van der Waals surface area (Å²) >= 11 is 0. The minimum Gasteiger partial charge on any atom is -0.338 e. The molecule has 1 aromatic heterocycles. The number of aromatic nitrogens is 1. The molecule has 25 heavy (non-hydrogen) atoms. The van der Waals surface area contributed by atoms with Crippen molar-refractivity contribution in [2.75, 3.05) is 7.05 Å². The molecule has 0 saturated heterocycles. The highest BCUT2D eigenvalue weighted by Gasteiger charge is 2.22. The Kier molecular flexibility index (Phi) is 4.84. The van der Waals surface area contributed by atoms with Crippen LogP contribution in [0.5, 0.6) is 0 Å². The third kappa shape index (κ3) is 3.14. The van der Waals surface area contributed by atoms with E-state index >= 15 is 0 Å². The molecule has 3 aromatic rings. The van der Waals surface area contributed by atoms with E-state index < -0.39 is 0 Å². The summed E-state index contributed by atoms with van der Waals surface area (Å²) in [6.45, 7) is 6.14. The Morgan fingerprint density at radius 3 is 2.28 bits per heavy atom. The largest absolute Gasteiger partial charge is 0.338 e. The first kappa shape index (κ1) is 17.2. The van der Waals surface area contributed by atoms with E-state index in [0.717, 1.165) is 34.0 Å². The first-order valence-electron chi connectivity index (χ1n) is 8.76. The smallest absolute Gasteiger partial charge is 0.272 e. The second-order valence-electron chi connectivity index (χ2n) is 6.52. The number of hydrogen-bond donors (Lipinski definition) is 0. The quantitative estimate of drug-likeness (QED) is 0.667. The summed E-state index contributed by atoms with van der Waals surface area (Å²) in [5, 5.41) is 2.16. The van der Waals surface area contributed by atoms with E-state index in [9.17, 15) is 4.79 Å². The number of amides is 1. The predicted octanol–water partition coefficient (Wildman–Crippen LogP) is 5.08. The van der Waals surface area contributed by atoms with E-state index in [1.54, 1.807) is 4.90 Å². The Morgan fingerprint density at radius 2 is 1.64 bits per heavy atom. The van der Waals surface area contributed by atoms with Gasteiger partial charge in [-0.15, -0.1) is 0 Å². The lowest BCUT2D eigenvalue weighted by Gasteiger charge is -2.25. The molecule has 1 amide bonds. The van der Waals surface area contributed by atoms with Gasteiger partial charge >= 0.3 is 0 Å². The van der Waals surface area contributed by atoms with Crippen LogP contribution in [0.25, 0.3) is 22.0 Å². The van der Waals surface area contributed by atoms with Crippen molar-refractivity contribution in [2.45, 2.75) is 33.2 Å². The lowest BCUT2D eigenvalue weighted by atomic mass is 9.98. The molecular formula is C22H24N2O. The molecule has 0 aliphatic heterocycles. The molecule has 0 N–H and O–H groups in total. The van der Waals surface area contributed by atoms with Gasteiger partial charge in [0, 0.05) is 24.0 Å². The standard InChI is InChI=1S/C22H24N2O/c1-5-15(2)24(4)22(25)20-16(3)18-13-9-10-14-19(18)21(23-20)17-11-7-6-8-12-17/h6-15H,5H2,1-4H3/t15-/m1/s1. The SMILES string of the molecule is CC[C@@H](C)N(C)C(=O)c1nc(-c2ccccc2)c2ccccc2c1C. The number of hydrogen-bond acceptors (Lipinski definition) is 2. The minimum absolute atomic E-state index is 0.0187. The van der Waals surface area contributed by atoms with Gasteiger partial charge in [0.25, 0.3) is 5.91 Å². The second kappa shape index (κ2) is 7.06. The maximum atomic E-state index is 13.1. The second-order valence-corrected chi connectivity index (χ2v) is 6.52. The maximum absolute atomic E-state index is 13.1. The van der Waals surface area contributed by atoms with Crippen LogP contribution in [0.4, 0.5) is 0 Å². The van der Waals surface area contributed by atoms with Crippen molar-refractivity contribution >= 4 is 16.7 Å². The van der Waals surface area contributed by atoms with E-state index in [2.05, 4.69) is 26.0 Å². The van der Waals surface area contributed by atoms with Crippen molar-refractivity contribution in [3.05, 3.63) is 65.9 Å². The fourth-order valence-electron chi connectivity index (χ4n) is 3.07. The molecule has 128 valence electrons. The molecule has 0 fully saturated rings. The van der Waals surface area contributed by atoms with Crippen LogP contribution >= 0.6 is 0 Å². The average Bonchev–Trinajstić information content (AvgIpc) is 2.67. The molecule has 0 bridgehead atoms. The van der Waals surface area contributed by atoms with Gasteiger partial charge in [0.05, 0.1) is 5.69 Å². The summed E-state index contributed by atoms with van der Waals surface area (Å²) in [4.78, 5) is 19.7. The average molecular weight is 332 g/mol. The van der Waals surface area contributed by atoms with Crippen molar-refractivity contribution in [3.8, 4) is 11.3 Å². The molecule has 0 unspecified atom stereocenters. The van der Waals surface area contributed by atoms with Crippen molar-refractivity contribution in [1.82, 2.24) is 9.88 Å². The molecule has 0 saturated carbocycles. The molecule has 3 heteroatoms. The normalized spacial score (nSPS) is 12.2. The molecule has 3 rings (SSSR count). The van der Waals surface area contributed by atoms with Crippen LogP contribution in [-0.2, 0) is 0 Å². The third-order valence-electron chi connectivity index (χ3n) is 4.99. The van der Waals surface area contributed by atoms with Gasteiger partial charge in [-0.3, -0.25) is 4.79 Å². The van der Waals surface area contributed by atoms with Gasteiger partial charge in [-0.1, -0.05) is 61.5 Å². The number of nitrogens with zero attached hydrogens (tertiary/aromatic N) is 2. The first-order chi connectivity index (χ1) is 12.0. The van der Waals surface area contributed by atoms with Gasteiger partial charge in [0.15, 0.2) is 0 Å². The highest BCUT2D eigenvalue weighted by Crippen LogP contribution is 2.31. The first-order valence-corrected chi connectivity index (χ1v) is 8.76. The zero-order valence-electron chi connectivity index (χ0n) is 15.3. The van der Waals surface area contributed by atoms with Crippen LogP contribution in [0.1, 0.15) is 36.3 Å². The molecule has 0 aliphatic rings. The summed E-state index contributed by atoms with van der Waals surface area (Å²) in [7, 11) is 1.86. The van der Waals surface area contributed by atoms with Crippen molar-refractivity contribution in [2.24, 2.45) is 0 Å². The summed E-state index contributed by atoms with van der Waals surface area (Å²) in [6.07, 6.45) is 0.917. The van der Waals surface area contributed by atoms with E-state index in [1.165, 1.54) is 0 Å². The van der Waals surface area contributed by atoms with Crippen LogP contribution < -0.4 is 0 Å². The van der Waals surface area contributed by atoms with E-state index in [1.807, 2.05) is 56.4 Å². The number of carbonyl (C=O) groups excluding carboxylic acids is 1. The molecule has 0 spiro atoms. The summed E-state index contributed by atoms with van der Waals surface area (Å²) < 4.78 is 0. The molecule has 3 nitrogen and oxygen atoms in total. The van der Waals surface area contributed by atoms with Crippen molar-refractivity contribution < 1.29 is 4.79 Å². The number of benzene rings is 2. The number of pyridine rings is 1. The fraction of sp³-hybridized carbons (Fsp3) is 0.273. The molecule has 1 atom stereocenters. The highest BCUT2D eigenvalue weighted by molar-refractivity contribution is 6.04. The zero-order chi connectivity index (χ0) is 18.0. The summed E-state index contributed by atoms with van der Waals surface area (Å²) in [5.74, 6) is -0.0187. The Hall–Kier alpha value is -2.68. The van der Waals surface area contributed by atoms with Crippen molar-refractivity contribution in [1.29, 1.82) is 0 Å². The van der Waals surface area contributed by atoms with Gasteiger partial charge in [-0.2, -0.15) is 0 Å². The fourth-order valence-corrected chi connectivity index (χ4v) is 3.07. The monoisotopic (exact) mass is 332 g/mol. The van der Waals surface area contributed by atoms with Gasteiger partial charge in [0.2, 0.25) is 0 Å².